The van der Waals surface area contributed by atoms with Crippen LogP contribution in [-0.2, 0) is 20.4 Å². The summed E-state index contributed by atoms with van der Waals surface area (Å²) in [6, 6.07) is 24.1. The molecule has 278 valence electrons. The predicted molar refractivity (Wildman–Crippen MR) is 214 cm³/mol. The fraction of sp³-hybridized carbons (Fsp3) is 0.378. The van der Waals surface area contributed by atoms with Crippen LogP contribution in [0.15, 0.2) is 75.8 Å². The van der Waals surface area contributed by atoms with E-state index in [1.165, 1.54) is 25.7 Å². The maximum Gasteiger partial charge on any atom is 0.235 e. The van der Waals surface area contributed by atoms with Gasteiger partial charge in [0.1, 0.15) is 0 Å². The van der Waals surface area contributed by atoms with Crippen molar-refractivity contribution in [2.75, 3.05) is 21.3 Å². The number of carbonyl (C=O) groups excluding carboxylic acids is 2. The first-order valence-corrected chi connectivity index (χ1v) is 20.1. The van der Waals surface area contributed by atoms with Gasteiger partial charge in [0.2, 0.25) is 11.8 Å². The minimum atomic E-state index is -0.303. The van der Waals surface area contributed by atoms with Crippen molar-refractivity contribution in [3.63, 3.8) is 0 Å². The fourth-order valence-corrected chi connectivity index (χ4v) is 9.83. The summed E-state index contributed by atoms with van der Waals surface area (Å²) >= 11 is 0. The first-order chi connectivity index (χ1) is 26.9. The van der Waals surface area contributed by atoms with Crippen molar-refractivity contribution in [1.82, 2.24) is 10.3 Å². The van der Waals surface area contributed by atoms with Gasteiger partial charge in [0.05, 0.1) is 21.6 Å². The van der Waals surface area contributed by atoms with E-state index in [4.69, 9.17) is 9.05 Å². The molecule has 0 saturated heterocycles. The zero-order valence-electron chi connectivity index (χ0n) is 31.0. The Hall–Kier alpha value is -5.64. The lowest BCUT2D eigenvalue weighted by atomic mass is 9.79. The van der Waals surface area contributed by atoms with Crippen molar-refractivity contribution >= 4 is 56.8 Å². The van der Waals surface area contributed by atoms with Crippen LogP contribution in [0.1, 0.15) is 93.7 Å². The zero-order chi connectivity index (χ0) is 36.9. The number of amides is 2. The van der Waals surface area contributed by atoms with Gasteiger partial charge in [0.15, 0.2) is 22.8 Å². The normalized spacial score (nSPS) is 20.1. The summed E-state index contributed by atoms with van der Waals surface area (Å²) in [5.74, 6) is 2.00. The highest BCUT2D eigenvalue weighted by atomic mass is 16.5. The molecule has 0 bridgehead atoms. The molecule has 4 heterocycles. The minimum Gasteiger partial charge on any atom is -0.364 e. The Kier molecular flexibility index (Phi) is 7.26. The number of para-hydroxylation sites is 1. The van der Waals surface area contributed by atoms with E-state index in [0.29, 0.717) is 12.1 Å². The second-order valence-corrected chi connectivity index (χ2v) is 16.7. The number of nitrogens with zero attached hydrogens (tertiary/aromatic N) is 2. The van der Waals surface area contributed by atoms with Crippen molar-refractivity contribution in [3.05, 3.63) is 83.4 Å². The van der Waals surface area contributed by atoms with Crippen LogP contribution in [0.2, 0.25) is 0 Å². The van der Waals surface area contributed by atoms with E-state index in [-0.39, 0.29) is 22.6 Å². The molecule has 4 N–H and O–H groups in total. The quantitative estimate of drug-likeness (QED) is 0.133. The van der Waals surface area contributed by atoms with Gasteiger partial charge in [0.25, 0.3) is 0 Å². The van der Waals surface area contributed by atoms with Gasteiger partial charge < -0.3 is 30.3 Å². The summed E-state index contributed by atoms with van der Waals surface area (Å²) in [5, 5.41) is 23.7. The zero-order valence-corrected chi connectivity index (χ0v) is 31.0. The molecule has 4 saturated carbocycles. The Balaban J connectivity index is 0.000000128. The van der Waals surface area contributed by atoms with Crippen LogP contribution >= 0.6 is 0 Å². The van der Waals surface area contributed by atoms with Gasteiger partial charge in [-0.1, -0.05) is 78.5 Å². The average Bonchev–Trinajstić information content (AvgIpc) is 3.78. The van der Waals surface area contributed by atoms with E-state index >= 15 is 0 Å². The third-order valence-corrected chi connectivity index (χ3v) is 13.1. The third kappa shape index (κ3) is 5.20. The molecule has 0 radical (unpaired) electrons. The van der Waals surface area contributed by atoms with Crippen molar-refractivity contribution in [2.45, 2.75) is 107 Å². The standard InChI is InChI=1S/C23H23N3O2.C22H21N3O2/c1-13-4-8-16-20(28-26-21(16)24-15-6-7-15)19(13)14-5-9-17-18(12-14)25-22(27)23(17)10-2-3-11-23;26-21-22(10-1-2-11-22)17-9-6-13(12-18(17)24-21)15-4-3-5-16-19(15)27-25-20(16)23-14-7-8-14/h4-5,8-9,12,15H,2-3,6-7,10-11H2,1H3,(H,24,26)(H,25,27);3-6,9,12,14H,1-2,7-8,10-11H2,(H,23,25)(H,24,26). The van der Waals surface area contributed by atoms with E-state index < -0.39 is 0 Å². The fourth-order valence-electron chi connectivity index (χ4n) is 9.83. The van der Waals surface area contributed by atoms with E-state index in [0.717, 1.165) is 135 Å². The number of hydrogen-bond donors (Lipinski definition) is 4. The van der Waals surface area contributed by atoms with Gasteiger partial charge in [-0.25, -0.2) is 0 Å². The van der Waals surface area contributed by atoms with Crippen LogP contribution in [-0.4, -0.2) is 34.2 Å². The highest BCUT2D eigenvalue weighted by Crippen LogP contribution is 2.51. The number of aromatic nitrogens is 2. The molecule has 4 fully saturated rings. The number of nitrogens with one attached hydrogen (secondary N) is 4. The maximum atomic E-state index is 12.7. The SMILES string of the molecule is Cc1ccc2c(NC3CC3)noc2c1-c1ccc2c(c1)NC(=O)C21CCCC1.O=C1Nc2cc(-c3cccc4c(NC5CC5)noc34)ccc2C12CCCC2. The molecule has 10 nitrogen and oxygen atoms in total. The molecule has 2 spiro atoms. The molecule has 55 heavy (non-hydrogen) atoms. The highest BCUT2D eigenvalue weighted by Gasteiger charge is 2.49. The molecule has 4 aromatic carbocycles. The molecule has 12 rings (SSSR count). The van der Waals surface area contributed by atoms with Gasteiger partial charge in [-0.05, 0) is 110 Å². The Bertz CT molecular complexity index is 2550. The van der Waals surface area contributed by atoms with Crippen molar-refractivity contribution in [2.24, 2.45) is 0 Å². The van der Waals surface area contributed by atoms with Crippen LogP contribution in [0, 0.1) is 6.92 Å². The second kappa shape index (κ2) is 12.2. The number of carbonyl (C=O) groups is 2. The third-order valence-electron chi connectivity index (χ3n) is 13.1. The van der Waals surface area contributed by atoms with E-state index in [2.05, 4.69) is 93.1 Å². The molecule has 10 heteroatoms. The lowest BCUT2D eigenvalue weighted by Crippen LogP contribution is -2.30. The molecule has 2 aromatic heterocycles. The number of anilines is 4. The topological polar surface area (TPSA) is 134 Å². The minimum absolute atomic E-state index is 0.168. The van der Waals surface area contributed by atoms with E-state index in [1.807, 2.05) is 12.1 Å². The van der Waals surface area contributed by atoms with Gasteiger partial charge >= 0.3 is 0 Å². The van der Waals surface area contributed by atoms with Crippen LogP contribution in [0.4, 0.5) is 23.0 Å². The molecule has 0 unspecified atom stereocenters. The van der Waals surface area contributed by atoms with Crippen LogP contribution in [0.3, 0.4) is 0 Å². The van der Waals surface area contributed by atoms with Crippen LogP contribution in [0.25, 0.3) is 44.2 Å². The van der Waals surface area contributed by atoms with Crippen molar-refractivity contribution < 1.29 is 18.6 Å². The molecule has 6 aliphatic rings. The Labute approximate surface area is 318 Å². The molecule has 4 aliphatic carbocycles. The summed E-state index contributed by atoms with van der Waals surface area (Å²) in [6.45, 7) is 2.09. The molecule has 6 aromatic rings. The van der Waals surface area contributed by atoms with Gasteiger partial charge in [-0.15, -0.1) is 0 Å². The van der Waals surface area contributed by atoms with Gasteiger partial charge in [-0.2, -0.15) is 0 Å². The molecular weight excluding hydrogens is 689 g/mol. The van der Waals surface area contributed by atoms with Crippen molar-refractivity contribution in [1.29, 1.82) is 0 Å². The number of aryl methyl sites for hydroxylation is 1. The monoisotopic (exact) mass is 732 g/mol. The molecular formula is C45H44N6O4. The number of hydrogen-bond acceptors (Lipinski definition) is 8. The highest BCUT2D eigenvalue weighted by molar-refractivity contribution is 6.09. The Morgan fingerprint density at radius 2 is 1.16 bits per heavy atom. The second-order valence-electron chi connectivity index (χ2n) is 16.7. The lowest BCUT2D eigenvalue weighted by Gasteiger charge is -2.20. The molecule has 0 atom stereocenters. The largest absolute Gasteiger partial charge is 0.364 e. The summed E-state index contributed by atoms with van der Waals surface area (Å²) < 4.78 is 11.5. The predicted octanol–water partition coefficient (Wildman–Crippen LogP) is 9.97. The van der Waals surface area contributed by atoms with E-state index in [1.54, 1.807) is 0 Å². The van der Waals surface area contributed by atoms with E-state index in [9.17, 15) is 9.59 Å². The summed E-state index contributed by atoms with van der Waals surface area (Å²) in [4.78, 5) is 25.4. The lowest BCUT2D eigenvalue weighted by molar-refractivity contribution is -0.121. The summed E-state index contributed by atoms with van der Waals surface area (Å²) in [5.41, 5.74) is 10.5. The Morgan fingerprint density at radius 1 is 0.636 bits per heavy atom. The summed E-state index contributed by atoms with van der Waals surface area (Å²) in [7, 11) is 0. The first-order valence-electron chi connectivity index (χ1n) is 20.1. The maximum absolute atomic E-state index is 12.7. The average molecular weight is 733 g/mol. The smallest absolute Gasteiger partial charge is 0.235 e. The summed E-state index contributed by atoms with van der Waals surface area (Å²) in [6.07, 6.45) is 13.1. The van der Waals surface area contributed by atoms with Crippen LogP contribution < -0.4 is 21.3 Å². The molecule has 2 aliphatic heterocycles. The van der Waals surface area contributed by atoms with Gasteiger partial charge in [0, 0.05) is 34.6 Å². The van der Waals surface area contributed by atoms with Crippen LogP contribution in [0.5, 0.6) is 0 Å². The van der Waals surface area contributed by atoms with Crippen molar-refractivity contribution in [3.8, 4) is 22.3 Å². The number of rotatable bonds is 6. The number of fused-ring (bicyclic) bond motifs is 6. The molecule has 2 amide bonds. The first kappa shape index (κ1) is 32.8. The number of benzene rings is 4. The van der Waals surface area contributed by atoms with Gasteiger partial charge in [-0.3, -0.25) is 9.59 Å². The Morgan fingerprint density at radius 3 is 1.75 bits per heavy atom.